The number of thiazole rings is 1. The van der Waals surface area contributed by atoms with Gasteiger partial charge in [-0.05, 0) is 24.3 Å². The highest BCUT2D eigenvalue weighted by molar-refractivity contribution is 7.14. The molecule has 7 nitrogen and oxygen atoms in total. The van der Waals surface area contributed by atoms with Crippen LogP contribution in [0.25, 0.3) is 33.8 Å². The molecule has 5 rings (SSSR count). The Bertz CT molecular complexity index is 1410. The van der Waals surface area contributed by atoms with Crippen LogP contribution in [0, 0.1) is 0 Å². The van der Waals surface area contributed by atoms with Crippen molar-refractivity contribution < 1.29 is 18.7 Å². The Kier molecular flexibility index (Phi) is 5.65. The molecule has 0 aliphatic carbocycles. The van der Waals surface area contributed by atoms with E-state index < -0.39 is 18.5 Å². The number of carbonyl (C=O) groups is 2. The second-order valence-corrected chi connectivity index (χ2v) is 7.92. The Morgan fingerprint density at radius 3 is 2.52 bits per heavy atom. The number of hydrogen-bond donors (Lipinski definition) is 1. The molecule has 0 unspecified atom stereocenters. The predicted octanol–water partition coefficient (Wildman–Crippen LogP) is 5.41. The minimum absolute atomic E-state index is 0.262. The maximum Gasteiger partial charge on any atom is 0.339 e. The first-order valence-electron chi connectivity index (χ1n) is 10.1. The lowest BCUT2D eigenvalue weighted by Gasteiger charge is -2.07. The fourth-order valence-electron chi connectivity index (χ4n) is 3.27. The number of aromatic nitrogens is 2. The van der Waals surface area contributed by atoms with Crippen LogP contribution in [0.1, 0.15) is 10.4 Å². The van der Waals surface area contributed by atoms with Gasteiger partial charge in [0.1, 0.15) is 5.52 Å². The highest BCUT2D eigenvalue weighted by atomic mass is 32.1. The van der Waals surface area contributed by atoms with Gasteiger partial charge in [-0.3, -0.25) is 10.1 Å². The van der Waals surface area contributed by atoms with E-state index in [1.54, 1.807) is 30.3 Å². The predicted molar refractivity (Wildman–Crippen MR) is 126 cm³/mol. The lowest BCUT2D eigenvalue weighted by molar-refractivity contribution is -0.119. The highest BCUT2D eigenvalue weighted by Gasteiger charge is 2.19. The van der Waals surface area contributed by atoms with Crippen molar-refractivity contribution in [3.8, 4) is 22.7 Å². The topological polar surface area (TPSA) is 94.3 Å². The first-order chi connectivity index (χ1) is 16.2. The quantitative estimate of drug-likeness (QED) is 0.344. The summed E-state index contributed by atoms with van der Waals surface area (Å²) in [7, 11) is 0. The number of fused-ring (bicyclic) bond motifs is 1. The summed E-state index contributed by atoms with van der Waals surface area (Å²) in [6.07, 6.45) is 0. The standard InChI is InChI=1S/C25H17N3O4S/c29-22(28-25-27-20(15-33-25)16-8-2-1-3-9-16)14-31-24(30)18-11-5-4-10-17(18)23-26-19-12-6-7-13-21(19)32-23/h1-13,15H,14H2,(H,27,28,29). The number of carbonyl (C=O) groups excluding carboxylic acids is 2. The van der Waals surface area contributed by atoms with Crippen LogP contribution >= 0.6 is 11.3 Å². The van der Waals surface area contributed by atoms with E-state index in [9.17, 15) is 9.59 Å². The van der Waals surface area contributed by atoms with Gasteiger partial charge >= 0.3 is 5.97 Å². The molecule has 0 fully saturated rings. The second kappa shape index (κ2) is 9.05. The monoisotopic (exact) mass is 455 g/mol. The summed E-state index contributed by atoms with van der Waals surface area (Å²) < 4.78 is 11.0. The molecule has 0 aliphatic heterocycles. The van der Waals surface area contributed by atoms with Crippen LogP contribution in [0.15, 0.2) is 88.7 Å². The molecule has 2 heterocycles. The summed E-state index contributed by atoms with van der Waals surface area (Å²) in [5.41, 5.74) is 3.78. The molecular weight excluding hydrogens is 438 g/mol. The maximum absolute atomic E-state index is 12.7. The maximum atomic E-state index is 12.7. The third-order valence-corrected chi connectivity index (χ3v) is 5.58. The van der Waals surface area contributed by atoms with Gasteiger partial charge in [-0.25, -0.2) is 14.8 Å². The number of rotatable bonds is 6. The molecule has 0 saturated carbocycles. The Labute approximate surface area is 192 Å². The Hall–Kier alpha value is -4.30. The molecule has 1 N–H and O–H groups in total. The zero-order valence-corrected chi connectivity index (χ0v) is 18.0. The SMILES string of the molecule is O=C(COC(=O)c1ccccc1-c1nc2ccccc2o1)Nc1nc(-c2ccccc2)cs1. The number of para-hydroxylation sites is 2. The van der Waals surface area contributed by atoms with E-state index in [0.29, 0.717) is 27.7 Å². The largest absolute Gasteiger partial charge is 0.452 e. The van der Waals surface area contributed by atoms with Crippen molar-refractivity contribution in [1.82, 2.24) is 9.97 Å². The molecular formula is C25H17N3O4S. The summed E-state index contributed by atoms with van der Waals surface area (Å²) >= 11 is 1.30. The number of nitrogens with zero attached hydrogens (tertiary/aromatic N) is 2. The fourth-order valence-corrected chi connectivity index (χ4v) is 4.01. The molecule has 162 valence electrons. The summed E-state index contributed by atoms with van der Waals surface area (Å²) in [6, 6.07) is 23.8. The number of ether oxygens (including phenoxy) is 1. The molecule has 5 aromatic rings. The van der Waals surface area contributed by atoms with Gasteiger partial charge in [0, 0.05) is 10.9 Å². The third-order valence-electron chi connectivity index (χ3n) is 4.83. The Morgan fingerprint density at radius 1 is 0.909 bits per heavy atom. The van der Waals surface area contributed by atoms with E-state index >= 15 is 0 Å². The van der Waals surface area contributed by atoms with Crippen LogP contribution in [-0.2, 0) is 9.53 Å². The molecule has 1 amide bonds. The van der Waals surface area contributed by atoms with Crippen LogP contribution in [0.2, 0.25) is 0 Å². The average molecular weight is 455 g/mol. The molecule has 0 radical (unpaired) electrons. The van der Waals surface area contributed by atoms with E-state index in [1.807, 2.05) is 53.9 Å². The van der Waals surface area contributed by atoms with Crippen molar-refractivity contribution in [2.45, 2.75) is 0 Å². The number of esters is 1. The van der Waals surface area contributed by atoms with Crippen molar-refractivity contribution in [2.75, 3.05) is 11.9 Å². The van der Waals surface area contributed by atoms with Crippen LogP contribution < -0.4 is 5.32 Å². The van der Waals surface area contributed by atoms with Crippen LogP contribution in [0.4, 0.5) is 5.13 Å². The van der Waals surface area contributed by atoms with Crippen molar-refractivity contribution in [2.24, 2.45) is 0 Å². The van der Waals surface area contributed by atoms with E-state index in [1.165, 1.54) is 11.3 Å². The van der Waals surface area contributed by atoms with Gasteiger partial charge < -0.3 is 9.15 Å². The molecule has 3 aromatic carbocycles. The first kappa shape index (κ1) is 20.6. The number of benzene rings is 3. The summed E-state index contributed by atoms with van der Waals surface area (Å²) in [4.78, 5) is 33.9. The van der Waals surface area contributed by atoms with Crippen LogP contribution in [0.5, 0.6) is 0 Å². The molecule has 0 aliphatic rings. The van der Waals surface area contributed by atoms with Crippen molar-refractivity contribution in [3.05, 3.63) is 89.8 Å². The van der Waals surface area contributed by atoms with E-state index in [-0.39, 0.29) is 5.56 Å². The normalized spacial score (nSPS) is 10.8. The Morgan fingerprint density at radius 2 is 1.67 bits per heavy atom. The zero-order valence-electron chi connectivity index (χ0n) is 17.2. The van der Waals surface area contributed by atoms with Gasteiger partial charge in [0.05, 0.1) is 16.8 Å². The summed E-state index contributed by atoms with van der Waals surface area (Å²) in [5.74, 6) is -0.812. The van der Waals surface area contributed by atoms with Crippen LogP contribution in [-0.4, -0.2) is 28.5 Å². The van der Waals surface area contributed by atoms with Crippen LogP contribution in [0.3, 0.4) is 0 Å². The lowest BCUT2D eigenvalue weighted by atomic mass is 10.1. The highest BCUT2D eigenvalue weighted by Crippen LogP contribution is 2.28. The van der Waals surface area contributed by atoms with Crippen molar-refractivity contribution in [1.29, 1.82) is 0 Å². The number of nitrogens with one attached hydrogen (secondary N) is 1. The smallest absolute Gasteiger partial charge is 0.339 e. The zero-order chi connectivity index (χ0) is 22.6. The van der Waals surface area contributed by atoms with E-state index in [0.717, 1.165) is 11.3 Å². The molecule has 33 heavy (non-hydrogen) atoms. The van der Waals surface area contributed by atoms with Gasteiger partial charge in [-0.1, -0.05) is 54.6 Å². The second-order valence-electron chi connectivity index (χ2n) is 7.06. The Balaban J connectivity index is 1.25. The number of anilines is 1. The molecule has 8 heteroatoms. The average Bonchev–Trinajstić information content (AvgIpc) is 3.50. The van der Waals surface area contributed by atoms with Crippen molar-refractivity contribution in [3.63, 3.8) is 0 Å². The third kappa shape index (κ3) is 4.51. The molecule has 2 aromatic heterocycles. The van der Waals surface area contributed by atoms with Gasteiger partial charge in [-0.15, -0.1) is 11.3 Å². The molecule has 0 bridgehead atoms. The van der Waals surface area contributed by atoms with Crippen molar-refractivity contribution >= 4 is 39.4 Å². The number of hydrogen-bond acceptors (Lipinski definition) is 7. The van der Waals surface area contributed by atoms with Gasteiger partial charge in [0.25, 0.3) is 5.91 Å². The van der Waals surface area contributed by atoms with E-state index in [4.69, 9.17) is 9.15 Å². The van der Waals surface area contributed by atoms with Gasteiger partial charge in [0.15, 0.2) is 17.3 Å². The van der Waals surface area contributed by atoms with Gasteiger partial charge in [0.2, 0.25) is 5.89 Å². The minimum Gasteiger partial charge on any atom is -0.452 e. The first-order valence-corrected chi connectivity index (χ1v) is 11.0. The number of amides is 1. The lowest BCUT2D eigenvalue weighted by Crippen LogP contribution is -2.21. The summed E-state index contributed by atoms with van der Waals surface area (Å²) in [6.45, 7) is -0.443. The minimum atomic E-state index is -0.646. The molecule has 0 spiro atoms. The van der Waals surface area contributed by atoms with Gasteiger partial charge in [-0.2, -0.15) is 0 Å². The molecule has 0 atom stereocenters. The summed E-state index contributed by atoms with van der Waals surface area (Å²) in [5, 5.41) is 4.95. The number of oxazole rings is 1. The van der Waals surface area contributed by atoms with E-state index in [2.05, 4.69) is 15.3 Å². The molecule has 0 saturated heterocycles. The fraction of sp³-hybridized carbons (Fsp3) is 0.0400.